The molecule has 1 aliphatic carbocycles. The highest BCUT2D eigenvalue weighted by Crippen LogP contribution is 2.45. The van der Waals surface area contributed by atoms with Crippen LogP contribution in [-0.2, 0) is 0 Å². The Balaban J connectivity index is 1.24. The molecule has 1 aliphatic rings. The van der Waals surface area contributed by atoms with Crippen LogP contribution in [0.25, 0.3) is 89.0 Å². The zero-order chi connectivity index (χ0) is 29.7. The Hall–Kier alpha value is -5.94. The molecule has 0 heterocycles. The van der Waals surface area contributed by atoms with E-state index in [0.29, 0.717) is 0 Å². The van der Waals surface area contributed by atoms with Crippen LogP contribution in [0.2, 0.25) is 0 Å². The van der Waals surface area contributed by atoms with Crippen molar-refractivity contribution in [3.05, 3.63) is 175 Å². The van der Waals surface area contributed by atoms with E-state index in [2.05, 4.69) is 176 Å². The van der Waals surface area contributed by atoms with E-state index in [1.807, 2.05) is 0 Å². The Morgan fingerprint density at radius 2 is 0.800 bits per heavy atom. The van der Waals surface area contributed by atoms with Gasteiger partial charge in [-0.3, -0.25) is 0 Å². The third kappa shape index (κ3) is 4.16. The maximum Gasteiger partial charge on any atom is -0.00261 e. The van der Waals surface area contributed by atoms with E-state index in [1.54, 1.807) is 0 Å². The predicted octanol–water partition coefficient (Wildman–Crippen LogP) is 12.5. The monoisotopic (exact) mass is 568 g/mol. The highest BCUT2D eigenvalue weighted by Gasteiger charge is 2.18. The van der Waals surface area contributed by atoms with Crippen LogP contribution in [-0.4, -0.2) is 0 Å². The maximum atomic E-state index is 3.42. The SMILES string of the molecule is C1=Cc2ccccc2-c2ccc(-c3c4ccccc4c(-c4ccc(-c5cccc6ccccc56)cc4)c4ccccc34)cc2C=1. The van der Waals surface area contributed by atoms with Gasteiger partial charge >= 0.3 is 0 Å². The maximum absolute atomic E-state index is 3.42. The Bertz CT molecular complexity index is 2440. The van der Waals surface area contributed by atoms with E-state index in [4.69, 9.17) is 0 Å². The number of hydrogen-bond donors (Lipinski definition) is 0. The molecule has 0 N–H and O–H groups in total. The van der Waals surface area contributed by atoms with E-state index in [9.17, 15) is 0 Å². The summed E-state index contributed by atoms with van der Waals surface area (Å²) in [6.07, 6.45) is 4.20. The van der Waals surface area contributed by atoms with Crippen LogP contribution in [0.4, 0.5) is 0 Å². The van der Waals surface area contributed by atoms with Crippen molar-refractivity contribution in [1.29, 1.82) is 0 Å². The molecule has 8 aromatic rings. The summed E-state index contributed by atoms with van der Waals surface area (Å²) in [6, 6.07) is 57.6. The van der Waals surface area contributed by atoms with Crippen molar-refractivity contribution in [3.8, 4) is 44.5 Å². The van der Waals surface area contributed by atoms with Gasteiger partial charge in [0.05, 0.1) is 0 Å². The minimum atomic E-state index is 1.19. The van der Waals surface area contributed by atoms with Crippen LogP contribution in [0.15, 0.2) is 163 Å². The molecule has 0 unspecified atom stereocenters. The standard InChI is InChI=1S/C45H28/c1-3-16-36-31(12-1)14-10-22-38(36)32-23-25-33(26-24-32)44-40-18-5-7-20-42(40)45(43-21-8-6-19-41(43)44)35-27-28-39-34(29-35)15-9-13-30-11-2-4-17-37(30)39/h1-8,10-29H. The Morgan fingerprint density at radius 1 is 0.311 bits per heavy atom. The summed E-state index contributed by atoms with van der Waals surface area (Å²) < 4.78 is 0. The lowest BCUT2D eigenvalue weighted by Gasteiger charge is -2.19. The number of rotatable bonds is 3. The third-order valence-corrected chi connectivity index (χ3v) is 9.27. The average molecular weight is 569 g/mol. The Morgan fingerprint density at radius 3 is 1.53 bits per heavy atom. The second-order valence-electron chi connectivity index (χ2n) is 11.8. The predicted molar refractivity (Wildman–Crippen MR) is 193 cm³/mol. The van der Waals surface area contributed by atoms with Crippen molar-refractivity contribution in [2.75, 3.05) is 0 Å². The molecule has 0 radical (unpaired) electrons. The van der Waals surface area contributed by atoms with E-state index in [1.165, 1.54) is 88.0 Å². The largest absolute Gasteiger partial charge is 0.120 e. The summed E-state index contributed by atoms with van der Waals surface area (Å²) in [5, 5.41) is 7.60. The van der Waals surface area contributed by atoms with Gasteiger partial charge in [0.25, 0.3) is 0 Å². The van der Waals surface area contributed by atoms with Gasteiger partial charge in [-0.2, -0.15) is 0 Å². The van der Waals surface area contributed by atoms with Gasteiger partial charge in [0.2, 0.25) is 0 Å². The van der Waals surface area contributed by atoms with Crippen LogP contribution in [0.5, 0.6) is 0 Å². The van der Waals surface area contributed by atoms with Gasteiger partial charge in [0, 0.05) is 0 Å². The molecule has 208 valence electrons. The summed E-state index contributed by atoms with van der Waals surface area (Å²) in [7, 11) is 0. The first-order valence-corrected chi connectivity index (χ1v) is 15.5. The molecular weight excluding hydrogens is 540 g/mol. The quantitative estimate of drug-likeness (QED) is 0.147. The molecule has 8 aromatic carbocycles. The summed E-state index contributed by atoms with van der Waals surface area (Å²) in [5.74, 6) is 0. The summed E-state index contributed by atoms with van der Waals surface area (Å²) in [5.41, 5.74) is 15.8. The van der Waals surface area contributed by atoms with E-state index in [-0.39, 0.29) is 0 Å². The summed E-state index contributed by atoms with van der Waals surface area (Å²) in [4.78, 5) is 0. The topological polar surface area (TPSA) is 0 Å². The number of hydrogen-bond acceptors (Lipinski definition) is 0. The fraction of sp³-hybridized carbons (Fsp3) is 0. The molecule has 9 rings (SSSR count). The van der Waals surface area contributed by atoms with Crippen molar-refractivity contribution in [2.24, 2.45) is 0 Å². The van der Waals surface area contributed by atoms with Crippen molar-refractivity contribution < 1.29 is 0 Å². The lowest BCUT2D eigenvalue weighted by Crippen LogP contribution is -1.92. The average Bonchev–Trinajstić information content (AvgIpc) is 3.29. The highest BCUT2D eigenvalue weighted by atomic mass is 14.2. The fourth-order valence-corrected chi connectivity index (χ4v) is 7.22. The Kier molecular flexibility index (Phi) is 5.88. The van der Waals surface area contributed by atoms with Gasteiger partial charge in [0.1, 0.15) is 0 Å². The van der Waals surface area contributed by atoms with Crippen molar-refractivity contribution >= 4 is 44.5 Å². The molecule has 0 amide bonds. The molecular formula is C45H28. The zero-order valence-electron chi connectivity index (χ0n) is 24.7. The van der Waals surface area contributed by atoms with Crippen molar-refractivity contribution in [2.45, 2.75) is 0 Å². The van der Waals surface area contributed by atoms with Crippen LogP contribution in [0, 0.1) is 0 Å². The normalized spacial score (nSPS) is 11.9. The minimum absolute atomic E-state index is 1.19. The molecule has 0 aromatic heterocycles. The lowest BCUT2D eigenvalue weighted by molar-refractivity contribution is 1.57. The molecule has 0 bridgehead atoms. The number of benzene rings is 8. The first-order valence-electron chi connectivity index (χ1n) is 15.5. The smallest absolute Gasteiger partial charge is 0.00261 e. The molecule has 0 nitrogen and oxygen atoms in total. The second-order valence-corrected chi connectivity index (χ2v) is 11.8. The van der Waals surface area contributed by atoms with Crippen molar-refractivity contribution in [1.82, 2.24) is 0 Å². The molecule has 0 aliphatic heterocycles. The van der Waals surface area contributed by atoms with Crippen molar-refractivity contribution in [3.63, 3.8) is 0 Å². The lowest BCUT2D eigenvalue weighted by atomic mass is 9.84. The first kappa shape index (κ1) is 25.5. The summed E-state index contributed by atoms with van der Waals surface area (Å²) in [6.45, 7) is 0. The van der Waals surface area contributed by atoms with Crippen LogP contribution in [0.1, 0.15) is 11.1 Å². The molecule has 0 spiro atoms. The van der Waals surface area contributed by atoms with Gasteiger partial charge < -0.3 is 0 Å². The van der Waals surface area contributed by atoms with Crippen LogP contribution in [0.3, 0.4) is 0 Å². The third-order valence-electron chi connectivity index (χ3n) is 9.27. The highest BCUT2D eigenvalue weighted by molar-refractivity contribution is 6.21. The molecule has 0 saturated heterocycles. The first-order chi connectivity index (χ1) is 22.3. The molecule has 45 heavy (non-hydrogen) atoms. The minimum Gasteiger partial charge on any atom is -0.120 e. The van der Waals surface area contributed by atoms with Gasteiger partial charge in [-0.1, -0.05) is 152 Å². The zero-order valence-corrected chi connectivity index (χ0v) is 24.7. The molecule has 0 heteroatoms. The van der Waals surface area contributed by atoms with Crippen LogP contribution < -0.4 is 0 Å². The molecule has 0 atom stereocenters. The molecule has 0 fully saturated rings. The summed E-state index contributed by atoms with van der Waals surface area (Å²) >= 11 is 0. The van der Waals surface area contributed by atoms with Gasteiger partial charge in [-0.15, -0.1) is 5.73 Å². The van der Waals surface area contributed by atoms with Gasteiger partial charge in [-0.05, 0) is 106 Å². The number of fused-ring (bicyclic) bond motifs is 6. The second kappa shape index (κ2) is 10.4. The fourth-order valence-electron chi connectivity index (χ4n) is 7.22. The van der Waals surface area contributed by atoms with E-state index >= 15 is 0 Å². The van der Waals surface area contributed by atoms with Crippen LogP contribution >= 0.6 is 0 Å². The van der Waals surface area contributed by atoms with Gasteiger partial charge in [-0.25, -0.2) is 0 Å². The van der Waals surface area contributed by atoms with E-state index < -0.39 is 0 Å². The van der Waals surface area contributed by atoms with E-state index in [0.717, 1.165) is 0 Å². The molecule has 0 saturated carbocycles. The Labute approximate surface area is 262 Å². The van der Waals surface area contributed by atoms with Gasteiger partial charge in [0.15, 0.2) is 0 Å².